The van der Waals surface area contributed by atoms with Gasteiger partial charge in [0.25, 0.3) is 0 Å². The quantitative estimate of drug-likeness (QED) is 0.268. The Balaban J connectivity index is 2.25. The van der Waals surface area contributed by atoms with Crippen molar-refractivity contribution in [2.45, 2.75) is 0 Å². The summed E-state index contributed by atoms with van der Waals surface area (Å²) < 4.78 is 0. The topological polar surface area (TPSA) is 12.9 Å². The molecular formula is C17H6Cl7N. The molecule has 3 aromatic rings. The zero-order chi connectivity index (χ0) is 18.3. The van der Waals surface area contributed by atoms with Crippen LogP contribution in [-0.4, -0.2) is 4.98 Å². The number of hydrogen-bond donors (Lipinski definition) is 0. The molecule has 0 aliphatic heterocycles. The van der Waals surface area contributed by atoms with Gasteiger partial charge in [0.2, 0.25) is 0 Å². The van der Waals surface area contributed by atoms with Crippen LogP contribution in [0.3, 0.4) is 0 Å². The molecule has 1 nitrogen and oxygen atoms in total. The summed E-state index contributed by atoms with van der Waals surface area (Å²) in [6.45, 7) is 0. The van der Waals surface area contributed by atoms with E-state index in [1.54, 1.807) is 36.5 Å². The van der Waals surface area contributed by atoms with Gasteiger partial charge in [-0.05, 0) is 30.3 Å². The van der Waals surface area contributed by atoms with Crippen LogP contribution in [0.5, 0.6) is 0 Å². The third kappa shape index (κ3) is 3.99. The van der Waals surface area contributed by atoms with Crippen molar-refractivity contribution in [3.63, 3.8) is 0 Å². The van der Waals surface area contributed by atoms with E-state index < -0.39 is 0 Å². The molecule has 8 heteroatoms. The Hall–Kier alpha value is -0.380. The summed E-state index contributed by atoms with van der Waals surface area (Å²) in [6.07, 6.45) is 1.57. The Morgan fingerprint density at radius 3 is 1.68 bits per heavy atom. The van der Waals surface area contributed by atoms with E-state index >= 15 is 0 Å². The summed E-state index contributed by atoms with van der Waals surface area (Å²) in [7, 11) is 0. The van der Waals surface area contributed by atoms with E-state index in [0.29, 0.717) is 52.4 Å². The molecule has 1 aromatic heterocycles. The molecular weight excluding hydrogens is 466 g/mol. The van der Waals surface area contributed by atoms with Gasteiger partial charge in [0, 0.05) is 38.5 Å². The van der Waals surface area contributed by atoms with Crippen molar-refractivity contribution < 1.29 is 0 Å². The van der Waals surface area contributed by atoms with Crippen molar-refractivity contribution in [2.24, 2.45) is 0 Å². The molecule has 25 heavy (non-hydrogen) atoms. The van der Waals surface area contributed by atoms with Crippen LogP contribution in [0.15, 0.2) is 36.5 Å². The first kappa shape index (κ1) is 19.4. The predicted molar refractivity (Wildman–Crippen MR) is 110 cm³/mol. The second kappa shape index (κ2) is 7.70. The maximum absolute atomic E-state index is 6.31. The lowest BCUT2D eigenvalue weighted by molar-refractivity contribution is 1.33. The molecule has 3 rings (SSSR count). The molecule has 128 valence electrons. The minimum absolute atomic E-state index is 0.244. The highest BCUT2D eigenvalue weighted by atomic mass is 35.5. The molecule has 0 bridgehead atoms. The zero-order valence-electron chi connectivity index (χ0n) is 12.1. The van der Waals surface area contributed by atoms with Crippen LogP contribution in [0.1, 0.15) is 0 Å². The van der Waals surface area contributed by atoms with Crippen molar-refractivity contribution in [3.8, 4) is 22.3 Å². The molecule has 0 amide bonds. The number of aromatic nitrogens is 1. The van der Waals surface area contributed by atoms with Crippen LogP contribution in [0.2, 0.25) is 35.3 Å². The van der Waals surface area contributed by atoms with Crippen molar-refractivity contribution in [2.75, 3.05) is 0 Å². The minimum atomic E-state index is 0.244. The number of hydrogen-bond acceptors (Lipinski definition) is 1. The summed E-state index contributed by atoms with van der Waals surface area (Å²) in [6, 6.07) is 8.24. The van der Waals surface area contributed by atoms with Crippen LogP contribution < -0.4 is 0 Å². The summed E-state index contributed by atoms with van der Waals surface area (Å²) in [5, 5.41) is 2.45. The third-order valence-electron chi connectivity index (χ3n) is 3.43. The molecule has 0 N–H and O–H groups in total. The average Bonchev–Trinajstić information content (AvgIpc) is 2.55. The Morgan fingerprint density at radius 1 is 0.560 bits per heavy atom. The lowest BCUT2D eigenvalue weighted by Gasteiger charge is -2.12. The van der Waals surface area contributed by atoms with Crippen molar-refractivity contribution >= 4 is 81.2 Å². The van der Waals surface area contributed by atoms with Crippen molar-refractivity contribution in [3.05, 3.63) is 71.8 Å². The van der Waals surface area contributed by atoms with Gasteiger partial charge in [0.1, 0.15) is 5.15 Å². The summed E-state index contributed by atoms with van der Waals surface area (Å²) >= 11 is 43.2. The van der Waals surface area contributed by atoms with Crippen LogP contribution in [0, 0.1) is 0 Å². The highest BCUT2D eigenvalue weighted by molar-refractivity contribution is 6.46. The van der Waals surface area contributed by atoms with Gasteiger partial charge < -0.3 is 0 Å². The first-order chi connectivity index (χ1) is 11.8. The molecule has 0 radical (unpaired) electrons. The Morgan fingerprint density at radius 2 is 1.08 bits per heavy atom. The van der Waals surface area contributed by atoms with E-state index in [1.807, 2.05) is 0 Å². The van der Waals surface area contributed by atoms with E-state index in [2.05, 4.69) is 4.98 Å². The number of pyridine rings is 1. The van der Waals surface area contributed by atoms with Gasteiger partial charge in [-0.1, -0.05) is 81.2 Å². The van der Waals surface area contributed by atoms with Crippen LogP contribution in [0.4, 0.5) is 0 Å². The van der Waals surface area contributed by atoms with Crippen molar-refractivity contribution in [1.82, 2.24) is 4.98 Å². The van der Waals surface area contributed by atoms with Gasteiger partial charge in [-0.25, -0.2) is 4.98 Å². The monoisotopic (exact) mass is 469 g/mol. The highest BCUT2D eigenvalue weighted by Gasteiger charge is 2.16. The number of halogens is 7. The van der Waals surface area contributed by atoms with E-state index in [-0.39, 0.29) is 5.15 Å². The Bertz CT molecular complexity index is 985. The Labute approximate surface area is 179 Å². The average molecular weight is 472 g/mol. The maximum atomic E-state index is 6.31. The van der Waals surface area contributed by atoms with Gasteiger partial charge in [0.15, 0.2) is 0 Å². The fourth-order valence-electron chi connectivity index (χ4n) is 2.30. The highest BCUT2D eigenvalue weighted by Crippen LogP contribution is 2.42. The fraction of sp³-hybridized carbons (Fsp3) is 0. The van der Waals surface area contributed by atoms with E-state index in [0.717, 1.165) is 0 Å². The third-order valence-corrected chi connectivity index (χ3v) is 5.77. The Kier molecular flexibility index (Phi) is 5.97. The second-order valence-electron chi connectivity index (χ2n) is 5.06. The second-order valence-corrected chi connectivity index (χ2v) is 7.86. The molecule has 0 unspecified atom stereocenters. The van der Waals surface area contributed by atoms with Gasteiger partial charge in [0.05, 0.1) is 20.1 Å². The summed E-state index contributed by atoms with van der Waals surface area (Å²) in [4.78, 5) is 4.21. The fourth-order valence-corrected chi connectivity index (χ4v) is 3.92. The molecule has 0 atom stereocenters. The van der Waals surface area contributed by atoms with Crippen LogP contribution in [-0.2, 0) is 0 Å². The minimum Gasteiger partial charge on any atom is -0.243 e. The molecule has 0 aliphatic rings. The van der Waals surface area contributed by atoms with Crippen LogP contribution >= 0.6 is 81.2 Å². The molecule has 2 aromatic carbocycles. The number of benzene rings is 2. The molecule has 0 aliphatic carbocycles. The van der Waals surface area contributed by atoms with E-state index in [4.69, 9.17) is 81.2 Å². The lowest BCUT2D eigenvalue weighted by atomic mass is 10.0. The molecule has 1 heterocycles. The number of rotatable bonds is 2. The lowest BCUT2D eigenvalue weighted by Crippen LogP contribution is -1.90. The SMILES string of the molecule is Clc1cc(Cl)c(Cl)c(-c2cnc(Cl)c(-c3cc(Cl)cc(Cl)c3Cl)c2)c1. The smallest absolute Gasteiger partial charge is 0.136 e. The van der Waals surface area contributed by atoms with Crippen molar-refractivity contribution in [1.29, 1.82) is 0 Å². The molecule has 0 saturated carbocycles. The summed E-state index contributed by atoms with van der Waals surface area (Å²) in [5.41, 5.74) is 2.40. The van der Waals surface area contributed by atoms with Gasteiger partial charge >= 0.3 is 0 Å². The number of nitrogens with zero attached hydrogens (tertiary/aromatic N) is 1. The van der Waals surface area contributed by atoms with Gasteiger partial charge in [-0.2, -0.15) is 0 Å². The first-order valence-corrected chi connectivity index (χ1v) is 9.38. The largest absolute Gasteiger partial charge is 0.243 e. The van der Waals surface area contributed by atoms with Gasteiger partial charge in [-0.15, -0.1) is 0 Å². The standard InChI is InChI=1S/C17H6Cl7N/c18-8-2-10(15(22)13(20)4-8)7-1-12(17(24)25-6-7)11-3-9(19)5-14(21)16(11)23/h1-6H. The van der Waals surface area contributed by atoms with Gasteiger partial charge in [-0.3, -0.25) is 0 Å². The van der Waals surface area contributed by atoms with Crippen LogP contribution in [0.25, 0.3) is 22.3 Å². The predicted octanol–water partition coefficient (Wildman–Crippen LogP) is 8.99. The van der Waals surface area contributed by atoms with E-state index in [1.165, 1.54) is 0 Å². The van der Waals surface area contributed by atoms with E-state index in [9.17, 15) is 0 Å². The molecule has 0 fully saturated rings. The normalized spacial score (nSPS) is 11.0. The maximum Gasteiger partial charge on any atom is 0.136 e. The first-order valence-electron chi connectivity index (χ1n) is 6.73. The molecule has 0 spiro atoms. The zero-order valence-corrected chi connectivity index (χ0v) is 17.3. The molecule has 0 saturated heterocycles. The summed E-state index contributed by atoms with van der Waals surface area (Å²) in [5.74, 6) is 0.